The minimum atomic E-state index is -1.12. The Hall–Kier alpha value is -3.15. The molecular weight excluding hydrogens is 318 g/mol. The molecule has 6 heteroatoms. The van der Waals surface area contributed by atoms with Gasteiger partial charge in [-0.3, -0.25) is 9.69 Å². The molecule has 1 saturated heterocycles. The third kappa shape index (κ3) is 2.38. The molecule has 1 aliphatic rings. The molecule has 25 heavy (non-hydrogen) atoms. The van der Waals surface area contributed by atoms with E-state index in [4.69, 9.17) is 4.52 Å². The number of nitrogens with one attached hydrogen (secondary N) is 1. The van der Waals surface area contributed by atoms with Crippen molar-refractivity contribution in [2.45, 2.75) is 25.9 Å². The summed E-state index contributed by atoms with van der Waals surface area (Å²) in [4.78, 5) is 26.7. The molecule has 1 atom stereocenters. The highest BCUT2D eigenvalue weighted by Crippen LogP contribution is 2.34. The average molecular weight is 335 g/mol. The number of carbonyl (C=O) groups is 2. The molecule has 0 aliphatic carbocycles. The van der Waals surface area contributed by atoms with Crippen LogP contribution in [0.25, 0.3) is 10.8 Å². The normalized spacial score (nSPS) is 20.3. The van der Waals surface area contributed by atoms with E-state index in [1.165, 1.54) is 4.90 Å². The molecule has 1 fully saturated rings. The maximum Gasteiger partial charge on any atom is 0.325 e. The summed E-state index contributed by atoms with van der Waals surface area (Å²) in [7, 11) is 0. The summed E-state index contributed by atoms with van der Waals surface area (Å²) in [5.74, 6) is 0.172. The molecule has 1 aromatic heterocycles. The number of amides is 3. The Kier molecular flexibility index (Phi) is 3.35. The Morgan fingerprint density at radius 3 is 2.68 bits per heavy atom. The minimum absolute atomic E-state index is 0.0614. The Balaban J connectivity index is 1.74. The lowest BCUT2D eigenvalue weighted by Crippen LogP contribution is -2.41. The first-order valence-electron chi connectivity index (χ1n) is 8.03. The predicted octanol–water partition coefficient (Wildman–Crippen LogP) is 3.10. The number of carbonyl (C=O) groups excluding carboxylic acids is 2. The number of imide groups is 1. The summed E-state index contributed by atoms with van der Waals surface area (Å²) in [6.07, 6.45) is 0. The van der Waals surface area contributed by atoms with E-state index in [2.05, 4.69) is 10.5 Å². The van der Waals surface area contributed by atoms with E-state index in [1.54, 1.807) is 19.9 Å². The molecule has 0 bridgehead atoms. The Morgan fingerprint density at radius 2 is 1.92 bits per heavy atom. The lowest BCUT2D eigenvalue weighted by atomic mass is 9.88. The molecule has 2 heterocycles. The Morgan fingerprint density at radius 1 is 1.16 bits per heavy atom. The number of aromatic nitrogens is 1. The van der Waals surface area contributed by atoms with E-state index in [9.17, 15) is 9.59 Å². The van der Waals surface area contributed by atoms with Gasteiger partial charge in [-0.2, -0.15) is 0 Å². The van der Waals surface area contributed by atoms with Crippen LogP contribution in [0.5, 0.6) is 0 Å². The lowest BCUT2D eigenvalue weighted by molar-refractivity contribution is -0.131. The monoisotopic (exact) mass is 335 g/mol. The van der Waals surface area contributed by atoms with Crippen molar-refractivity contribution in [3.8, 4) is 0 Å². The number of nitrogens with zero attached hydrogens (tertiary/aromatic N) is 2. The molecular formula is C19H17N3O3. The third-order valence-electron chi connectivity index (χ3n) is 4.59. The van der Waals surface area contributed by atoms with Crippen LogP contribution in [0.2, 0.25) is 0 Å². The lowest BCUT2D eigenvalue weighted by Gasteiger charge is -2.23. The molecule has 0 saturated carbocycles. The van der Waals surface area contributed by atoms with Gasteiger partial charge in [-0.15, -0.1) is 0 Å². The number of aryl methyl sites for hydroxylation is 1. The molecule has 2 aromatic carbocycles. The van der Waals surface area contributed by atoms with Crippen molar-refractivity contribution in [2.24, 2.45) is 0 Å². The number of hydrogen-bond donors (Lipinski definition) is 1. The fourth-order valence-electron chi connectivity index (χ4n) is 3.33. The van der Waals surface area contributed by atoms with Crippen LogP contribution in [0, 0.1) is 6.92 Å². The first-order chi connectivity index (χ1) is 12.0. The van der Waals surface area contributed by atoms with Crippen molar-refractivity contribution in [3.63, 3.8) is 0 Å². The van der Waals surface area contributed by atoms with Gasteiger partial charge in [-0.25, -0.2) is 4.79 Å². The van der Waals surface area contributed by atoms with Gasteiger partial charge in [0.1, 0.15) is 5.54 Å². The highest BCUT2D eigenvalue weighted by Gasteiger charge is 2.49. The van der Waals surface area contributed by atoms with E-state index in [0.29, 0.717) is 11.5 Å². The number of hydrogen-bond acceptors (Lipinski definition) is 4. The van der Waals surface area contributed by atoms with E-state index >= 15 is 0 Å². The van der Waals surface area contributed by atoms with E-state index in [1.807, 2.05) is 42.5 Å². The zero-order chi connectivity index (χ0) is 17.6. The topological polar surface area (TPSA) is 75.4 Å². The van der Waals surface area contributed by atoms with Crippen molar-refractivity contribution in [3.05, 3.63) is 65.5 Å². The zero-order valence-corrected chi connectivity index (χ0v) is 13.9. The maximum atomic E-state index is 13.1. The number of benzene rings is 2. The van der Waals surface area contributed by atoms with E-state index in [0.717, 1.165) is 16.3 Å². The molecule has 1 unspecified atom stereocenters. The number of rotatable bonds is 3. The van der Waals surface area contributed by atoms with Crippen LogP contribution < -0.4 is 5.32 Å². The highest BCUT2D eigenvalue weighted by molar-refractivity contribution is 6.09. The second-order valence-electron chi connectivity index (χ2n) is 6.41. The van der Waals surface area contributed by atoms with Gasteiger partial charge in [0, 0.05) is 6.07 Å². The van der Waals surface area contributed by atoms with Crippen LogP contribution in [-0.4, -0.2) is 22.0 Å². The number of urea groups is 1. The third-order valence-corrected chi connectivity index (χ3v) is 4.59. The van der Waals surface area contributed by atoms with Crippen LogP contribution in [0.3, 0.4) is 0 Å². The molecule has 3 aromatic rings. The molecule has 1 N–H and O–H groups in total. The summed E-state index contributed by atoms with van der Waals surface area (Å²) >= 11 is 0. The highest BCUT2D eigenvalue weighted by atomic mass is 16.5. The average Bonchev–Trinajstić information content (AvgIpc) is 3.11. The van der Waals surface area contributed by atoms with Crippen molar-refractivity contribution < 1.29 is 14.1 Å². The van der Waals surface area contributed by atoms with E-state index < -0.39 is 11.6 Å². The van der Waals surface area contributed by atoms with Gasteiger partial charge in [0.15, 0.2) is 5.76 Å². The standard InChI is InChI=1S/C19H17N3O3/c1-12-10-14(25-21-12)11-22-17(23)19(2,20-18(22)24)16-9-5-7-13-6-3-4-8-15(13)16/h3-10H,11H2,1-2H3,(H,20,24). The van der Waals surface area contributed by atoms with Gasteiger partial charge in [0.2, 0.25) is 0 Å². The predicted molar refractivity (Wildman–Crippen MR) is 91.6 cm³/mol. The molecule has 1 aliphatic heterocycles. The molecule has 0 radical (unpaired) electrons. The molecule has 3 amide bonds. The van der Waals surface area contributed by atoms with Crippen molar-refractivity contribution >= 4 is 22.7 Å². The van der Waals surface area contributed by atoms with Crippen LogP contribution in [0.4, 0.5) is 4.79 Å². The van der Waals surface area contributed by atoms with Crippen molar-refractivity contribution in [2.75, 3.05) is 0 Å². The Bertz CT molecular complexity index is 989. The van der Waals surface area contributed by atoms with Gasteiger partial charge in [-0.1, -0.05) is 47.6 Å². The van der Waals surface area contributed by atoms with Gasteiger partial charge in [-0.05, 0) is 30.2 Å². The largest absolute Gasteiger partial charge is 0.359 e. The summed E-state index contributed by atoms with van der Waals surface area (Å²) in [5.41, 5.74) is 0.367. The summed E-state index contributed by atoms with van der Waals surface area (Å²) in [6.45, 7) is 3.59. The van der Waals surface area contributed by atoms with E-state index in [-0.39, 0.29) is 12.5 Å². The molecule has 6 nitrogen and oxygen atoms in total. The van der Waals surface area contributed by atoms with Crippen LogP contribution in [0.15, 0.2) is 53.1 Å². The Labute approximate surface area is 144 Å². The quantitative estimate of drug-likeness (QED) is 0.746. The smallest absolute Gasteiger partial charge is 0.325 e. The second-order valence-corrected chi connectivity index (χ2v) is 6.41. The number of fused-ring (bicyclic) bond motifs is 1. The van der Waals surface area contributed by atoms with Crippen molar-refractivity contribution in [1.29, 1.82) is 0 Å². The fraction of sp³-hybridized carbons (Fsp3) is 0.211. The minimum Gasteiger partial charge on any atom is -0.359 e. The first kappa shape index (κ1) is 15.4. The van der Waals surface area contributed by atoms with Gasteiger partial charge in [0.25, 0.3) is 5.91 Å². The zero-order valence-electron chi connectivity index (χ0n) is 13.9. The summed E-state index contributed by atoms with van der Waals surface area (Å²) < 4.78 is 5.14. The maximum absolute atomic E-state index is 13.1. The van der Waals surface area contributed by atoms with Crippen LogP contribution >= 0.6 is 0 Å². The van der Waals surface area contributed by atoms with Gasteiger partial charge < -0.3 is 9.84 Å². The van der Waals surface area contributed by atoms with Crippen LogP contribution in [-0.2, 0) is 16.9 Å². The fourth-order valence-corrected chi connectivity index (χ4v) is 3.33. The summed E-state index contributed by atoms with van der Waals surface area (Å²) in [6, 6.07) is 14.8. The van der Waals surface area contributed by atoms with Crippen LogP contribution in [0.1, 0.15) is 23.9 Å². The molecule has 0 spiro atoms. The summed E-state index contributed by atoms with van der Waals surface area (Å²) in [5, 5.41) is 8.60. The van der Waals surface area contributed by atoms with Gasteiger partial charge >= 0.3 is 6.03 Å². The van der Waals surface area contributed by atoms with Gasteiger partial charge in [0.05, 0.1) is 12.2 Å². The SMILES string of the molecule is Cc1cc(CN2C(=O)NC(C)(c3cccc4ccccc34)C2=O)on1. The van der Waals surface area contributed by atoms with Crippen molar-refractivity contribution in [1.82, 2.24) is 15.4 Å². The second kappa shape index (κ2) is 5.44. The molecule has 126 valence electrons. The molecule has 4 rings (SSSR count). The first-order valence-corrected chi connectivity index (χ1v) is 8.03.